The van der Waals surface area contributed by atoms with Crippen LogP contribution in [0.5, 0.6) is 0 Å². The molecule has 1 heterocycles. The van der Waals surface area contributed by atoms with E-state index >= 15 is 0 Å². The lowest BCUT2D eigenvalue weighted by atomic mass is 10.2. The van der Waals surface area contributed by atoms with Gasteiger partial charge in [-0.3, -0.25) is 0 Å². The molecule has 1 aromatic carbocycles. The molecule has 0 aliphatic carbocycles. The van der Waals surface area contributed by atoms with Gasteiger partial charge in [-0.2, -0.15) is 5.10 Å². The molecule has 0 unspecified atom stereocenters. The van der Waals surface area contributed by atoms with Crippen molar-refractivity contribution >= 4 is 17.8 Å². The van der Waals surface area contributed by atoms with E-state index in [0.29, 0.717) is 11.3 Å². The van der Waals surface area contributed by atoms with Crippen LogP contribution in [0.25, 0.3) is 5.69 Å². The van der Waals surface area contributed by atoms with Gasteiger partial charge in [-0.15, -0.1) is 0 Å². The molecule has 0 atom stereocenters. The van der Waals surface area contributed by atoms with E-state index in [2.05, 4.69) is 14.6 Å². The second-order valence-corrected chi connectivity index (χ2v) is 3.89. The third kappa shape index (κ3) is 2.33. The van der Waals surface area contributed by atoms with Crippen LogP contribution in [-0.4, -0.2) is 35.9 Å². The molecule has 0 amide bonds. The van der Waals surface area contributed by atoms with E-state index in [9.17, 15) is 9.59 Å². The summed E-state index contributed by atoms with van der Waals surface area (Å²) in [5.41, 5.74) is 6.92. The average molecular weight is 275 g/mol. The number of methoxy groups -OCH3 is 2. The predicted octanol–water partition coefficient (Wildman–Crippen LogP) is 1.03. The van der Waals surface area contributed by atoms with Crippen molar-refractivity contribution in [2.24, 2.45) is 0 Å². The molecule has 2 rings (SSSR count). The first-order chi connectivity index (χ1) is 9.58. The standard InChI is InChI=1S/C13H13N3O4/c1-19-12(17)8-4-3-5-9(6-8)16-11(14)10(7-15-16)13(18)20-2/h3-7H,14H2,1-2H3. The van der Waals surface area contributed by atoms with E-state index in [-0.39, 0.29) is 11.4 Å². The van der Waals surface area contributed by atoms with Crippen LogP contribution in [0, 0.1) is 0 Å². The average Bonchev–Trinajstić information content (AvgIpc) is 2.87. The summed E-state index contributed by atoms with van der Waals surface area (Å²) >= 11 is 0. The lowest BCUT2D eigenvalue weighted by Crippen LogP contribution is -2.08. The maximum atomic E-state index is 11.5. The van der Waals surface area contributed by atoms with Crippen LogP contribution in [0.1, 0.15) is 20.7 Å². The van der Waals surface area contributed by atoms with Gasteiger partial charge < -0.3 is 15.2 Å². The highest BCUT2D eigenvalue weighted by Crippen LogP contribution is 2.19. The summed E-state index contributed by atoms with van der Waals surface area (Å²) in [6, 6.07) is 6.55. The van der Waals surface area contributed by atoms with Crippen LogP contribution in [0.2, 0.25) is 0 Å². The summed E-state index contributed by atoms with van der Waals surface area (Å²) in [6.45, 7) is 0. The quantitative estimate of drug-likeness (QED) is 0.840. The fourth-order valence-corrected chi connectivity index (χ4v) is 1.71. The molecular formula is C13H13N3O4. The van der Waals surface area contributed by atoms with Gasteiger partial charge in [0.15, 0.2) is 0 Å². The maximum absolute atomic E-state index is 11.5. The van der Waals surface area contributed by atoms with Crippen molar-refractivity contribution in [1.29, 1.82) is 0 Å². The number of aromatic nitrogens is 2. The monoisotopic (exact) mass is 275 g/mol. The number of carbonyl (C=O) groups is 2. The molecule has 104 valence electrons. The molecule has 7 nitrogen and oxygen atoms in total. The summed E-state index contributed by atoms with van der Waals surface area (Å²) in [5.74, 6) is -0.900. The molecule has 0 saturated carbocycles. The summed E-state index contributed by atoms with van der Waals surface area (Å²) in [6.07, 6.45) is 1.31. The van der Waals surface area contributed by atoms with Gasteiger partial charge in [-0.1, -0.05) is 6.07 Å². The predicted molar refractivity (Wildman–Crippen MR) is 70.7 cm³/mol. The number of nitrogen functional groups attached to an aromatic ring is 1. The summed E-state index contributed by atoms with van der Waals surface area (Å²) in [4.78, 5) is 23.0. The Kier molecular flexibility index (Phi) is 3.69. The number of rotatable bonds is 3. The highest BCUT2D eigenvalue weighted by Gasteiger charge is 2.17. The van der Waals surface area contributed by atoms with Crippen molar-refractivity contribution < 1.29 is 19.1 Å². The fraction of sp³-hybridized carbons (Fsp3) is 0.154. The van der Waals surface area contributed by atoms with Crippen molar-refractivity contribution in [3.05, 3.63) is 41.6 Å². The van der Waals surface area contributed by atoms with Crippen molar-refractivity contribution in [2.45, 2.75) is 0 Å². The van der Waals surface area contributed by atoms with Crippen molar-refractivity contribution in [2.75, 3.05) is 20.0 Å². The molecule has 0 aliphatic heterocycles. The Morgan fingerprint density at radius 2 is 1.90 bits per heavy atom. The zero-order valence-corrected chi connectivity index (χ0v) is 11.0. The molecule has 0 spiro atoms. The molecule has 0 radical (unpaired) electrons. The number of anilines is 1. The van der Waals surface area contributed by atoms with Crippen LogP contribution in [0.15, 0.2) is 30.5 Å². The Labute approximate surface area is 114 Å². The summed E-state index contributed by atoms with van der Waals surface area (Å²) in [5, 5.41) is 4.02. The Hall–Kier alpha value is -2.83. The molecule has 0 aliphatic rings. The SMILES string of the molecule is COC(=O)c1cccc(-n2ncc(C(=O)OC)c2N)c1. The molecule has 0 fully saturated rings. The number of carbonyl (C=O) groups excluding carboxylic acids is 2. The maximum Gasteiger partial charge on any atom is 0.343 e. The van der Waals surface area contributed by atoms with Gasteiger partial charge >= 0.3 is 11.9 Å². The first-order valence-electron chi connectivity index (χ1n) is 5.69. The van der Waals surface area contributed by atoms with Gasteiger partial charge in [0.25, 0.3) is 0 Å². The van der Waals surface area contributed by atoms with Crippen LogP contribution in [0.3, 0.4) is 0 Å². The second kappa shape index (κ2) is 5.43. The lowest BCUT2D eigenvalue weighted by molar-refractivity contribution is 0.0592. The molecule has 7 heteroatoms. The smallest absolute Gasteiger partial charge is 0.343 e. The number of benzene rings is 1. The molecular weight excluding hydrogens is 262 g/mol. The van der Waals surface area contributed by atoms with Crippen LogP contribution in [0.4, 0.5) is 5.82 Å². The third-order valence-corrected chi connectivity index (χ3v) is 2.72. The molecule has 2 aromatic rings. The van der Waals surface area contributed by atoms with E-state index in [0.717, 1.165) is 0 Å². The Morgan fingerprint density at radius 1 is 1.20 bits per heavy atom. The van der Waals surface area contributed by atoms with Gasteiger partial charge in [0.1, 0.15) is 11.4 Å². The van der Waals surface area contributed by atoms with E-state index in [1.807, 2.05) is 0 Å². The summed E-state index contributed by atoms with van der Waals surface area (Å²) < 4.78 is 10.6. The van der Waals surface area contributed by atoms with Gasteiger partial charge in [-0.25, -0.2) is 14.3 Å². The number of nitrogens with two attached hydrogens (primary N) is 1. The first kappa shape index (κ1) is 13.6. The number of ether oxygens (including phenoxy) is 2. The van der Waals surface area contributed by atoms with Crippen molar-refractivity contribution in [1.82, 2.24) is 9.78 Å². The molecule has 0 bridgehead atoms. The topological polar surface area (TPSA) is 96.4 Å². The number of esters is 2. The van der Waals surface area contributed by atoms with Crippen molar-refractivity contribution in [3.8, 4) is 5.69 Å². The van der Waals surface area contributed by atoms with E-state index in [1.165, 1.54) is 25.1 Å². The zero-order chi connectivity index (χ0) is 14.7. The van der Waals surface area contributed by atoms with Gasteiger partial charge in [-0.05, 0) is 18.2 Å². The summed E-state index contributed by atoms with van der Waals surface area (Å²) in [7, 11) is 2.56. The number of hydrogen-bond acceptors (Lipinski definition) is 6. The highest BCUT2D eigenvalue weighted by molar-refractivity contribution is 5.94. The molecule has 2 N–H and O–H groups in total. The van der Waals surface area contributed by atoms with Crippen LogP contribution in [-0.2, 0) is 9.47 Å². The zero-order valence-electron chi connectivity index (χ0n) is 11.0. The molecule has 0 saturated heterocycles. The van der Waals surface area contributed by atoms with Crippen LogP contribution >= 0.6 is 0 Å². The fourth-order valence-electron chi connectivity index (χ4n) is 1.71. The third-order valence-electron chi connectivity index (χ3n) is 2.72. The minimum Gasteiger partial charge on any atom is -0.465 e. The molecule has 1 aromatic heterocycles. The highest BCUT2D eigenvalue weighted by atomic mass is 16.5. The largest absolute Gasteiger partial charge is 0.465 e. The number of hydrogen-bond donors (Lipinski definition) is 1. The van der Waals surface area contributed by atoms with E-state index in [4.69, 9.17) is 5.73 Å². The minimum atomic E-state index is -0.571. The Morgan fingerprint density at radius 3 is 2.55 bits per heavy atom. The second-order valence-electron chi connectivity index (χ2n) is 3.89. The normalized spacial score (nSPS) is 10.1. The lowest BCUT2D eigenvalue weighted by Gasteiger charge is -2.06. The molecule has 20 heavy (non-hydrogen) atoms. The number of nitrogens with zero attached hydrogens (tertiary/aromatic N) is 2. The van der Waals surface area contributed by atoms with Crippen molar-refractivity contribution in [3.63, 3.8) is 0 Å². The minimum absolute atomic E-state index is 0.138. The van der Waals surface area contributed by atoms with E-state index in [1.54, 1.807) is 24.3 Å². The van der Waals surface area contributed by atoms with Gasteiger partial charge in [0.2, 0.25) is 0 Å². The van der Waals surface area contributed by atoms with E-state index < -0.39 is 11.9 Å². The van der Waals surface area contributed by atoms with Gasteiger partial charge in [0.05, 0.1) is 31.7 Å². The Balaban J connectivity index is 2.45. The van der Waals surface area contributed by atoms with Gasteiger partial charge in [0, 0.05) is 0 Å². The first-order valence-corrected chi connectivity index (χ1v) is 5.69. The Bertz CT molecular complexity index is 663. The van der Waals surface area contributed by atoms with Crippen LogP contribution < -0.4 is 5.73 Å².